The highest BCUT2D eigenvalue weighted by atomic mass is 32.1. The van der Waals surface area contributed by atoms with E-state index in [1.807, 2.05) is 30.5 Å². The molecule has 0 spiro atoms. The molecule has 8 nitrogen and oxygen atoms in total. The molecule has 0 radical (unpaired) electrons. The molecule has 0 bridgehead atoms. The van der Waals surface area contributed by atoms with Gasteiger partial charge in [0.2, 0.25) is 5.91 Å². The highest BCUT2D eigenvalue weighted by Crippen LogP contribution is 2.18. The summed E-state index contributed by atoms with van der Waals surface area (Å²) in [5, 5.41) is 18.6. The summed E-state index contributed by atoms with van der Waals surface area (Å²) >= 11 is 1.39. The fourth-order valence-corrected chi connectivity index (χ4v) is 3.07. The summed E-state index contributed by atoms with van der Waals surface area (Å²) in [4.78, 5) is 24.5. The number of rotatable bonds is 7. The minimum atomic E-state index is -0.103. The van der Waals surface area contributed by atoms with Gasteiger partial charge in [0.1, 0.15) is 6.33 Å². The molecule has 0 aliphatic rings. The lowest BCUT2D eigenvalue weighted by Gasteiger charge is -2.09. The second kappa shape index (κ2) is 8.34. The number of carbonyl (C=O) groups is 2. The van der Waals surface area contributed by atoms with Crippen molar-refractivity contribution in [3.05, 3.63) is 52.5 Å². The summed E-state index contributed by atoms with van der Waals surface area (Å²) in [5.74, 6) is -0.195. The number of anilines is 1. The molecule has 0 aliphatic carbocycles. The van der Waals surface area contributed by atoms with Gasteiger partial charge in [0.15, 0.2) is 0 Å². The lowest BCUT2D eigenvalue weighted by Crippen LogP contribution is -2.24. The number of tetrazole rings is 1. The minimum absolute atomic E-state index is 0.0926. The zero-order chi connectivity index (χ0) is 18.4. The van der Waals surface area contributed by atoms with Crippen molar-refractivity contribution in [3.63, 3.8) is 0 Å². The Morgan fingerprint density at radius 3 is 2.85 bits per heavy atom. The van der Waals surface area contributed by atoms with E-state index in [1.165, 1.54) is 17.7 Å². The van der Waals surface area contributed by atoms with E-state index >= 15 is 0 Å². The standard InChI is InChI=1S/C17H18N6O2S/c1-12-10-13(6-7-14(12)23-11-19-21-22-23)20-16(24)5-2-8-18-17(25)15-4-3-9-26-15/h3-4,6-7,9-11H,2,5,8H2,1H3,(H,18,25)(H,20,24). The lowest BCUT2D eigenvalue weighted by molar-refractivity contribution is -0.116. The first kappa shape index (κ1) is 17.7. The number of amides is 2. The largest absolute Gasteiger partial charge is 0.351 e. The van der Waals surface area contributed by atoms with Gasteiger partial charge in [-0.2, -0.15) is 0 Å². The van der Waals surface area contributed by atoms with Crippen LogP contribution in [0.2, 0.25) is 0 Å². The van der Waals surface area contributed by atoms with Crippen molar-refractivity contribution >= 4 is 28.8 Å². The average Bonchev–Trinajstić information content (AvgIpc) is 3.32. The Labute approximate surface area is 154 Å². The zero-order valence-electron chi connectivity index (χ0n) is 14.2. The monoisotopic (exact) mass is 370 g/mol. The van der Waals surface area contributed by atoms with E-state index in [0.717, 1.165) is 11.3 Å². The number of nitrogens with one attached hydrogen (secondary N) is 2. The fourth-order valence-electron chi connectivity index (χ4n) is 2.43. The molecule has 0 unspecified atom stereocenters. The zero-order valence-corrected chi connectivity index (χ0v) is 15.0. The normalized spacial score (nSPS) is 10.5. The molecule has 0 atom stereocenters. The van der Waals surface area contributed by atoms with Crippen LogP contribution in [0.3, 0.4) is 0 Å². The molecule has 26 heavy (non-hydrogen) atoms. The van der Waals surface area contributed by atoms with Gasteiger partial charge in [0, 0.05) is 18.7 Å². The summed E-state index contributed by atoms with van der Waals surface area (Å²) in [5.41, 5.74) is 2.51. The average molecular weight is 370 g/mol. The molecular formula is C17H18N6O2S. The molecule has 0 saturated carbocycles. The molecule has 1 aromatic carbocycles. The Morgan fingerprint density at radius 1 is 1.27 bits per heavy atom. The number of carbonyl (C=O) groups excluding carboxylic acids is 2. The SMILES string of the molecule is Cc1cc(NC(=O)CCCNC(=O)c2cccs2)ccc1-n1cnnn1. The number of aromatic nitrogens is 4. The highest BCUT2D eigenvalue weighted by molar-refractivity contribution is 7.12. The van der Waals surface area contributed by atoms with Crippen molar-refractivity contribution in [2.75, 3.05) is 11.9 Å². The number of hydrogen-bond donors (Lipinski definition) is 2. The molecular weight excluding hydrogens is 352 g/mol. The van der Waals surface area contributed by atoms with Gasteiger partial charge in [0.25, 0.3) is 5.91 Å². The number of benzene rings is 1. The van der Waals surface area contributed by atoms with E-state index in [4.69, 9.17) is 0 Å². The van der Waals surface area contributed by atoms with Crippen LogP contribution in [0.5, 0.6) is 0 Å². The summed E-state index contributed by atoms with van der Waals surface area (Å²) in [7, 11) is 0. The molecule has 3 aromatic rings. The van der Waals surface area contributed by atoms with Crippen LogP contribution in [-0.2, 0) is 4.79 Å². The van der Waals surface area contributed by atoms with Gasteiger partial charge in [-0.05, 0) is 59.0 Å². The van der Waals surface area contributed by atoms with E-state index < -0.39 is 0 Å². The Bertz CT molecular complexity index is 877. The number of nitrogens with zero attached hydrogens (tertiary/aromatic N) is 4. The van der Waals surface area contributed by atoms with Crippen LogP contribution >= 0.6 is 11.3 Å². The predicted molar refractivity (Wildman–Crippen MR) is 98.4 cm³/mol. The topological polar surface area (TPSA) is 102 Å². The maximum absolute atomic E-state index is 12.1. The summed E-state index contributed by atoms with van der Waals surface area (Å²) in [6.45, 7) is 2.38. The molecule has 2 heterocycles. The van der Waals surface area contributed by atoms with Gasteiger partial charge in [-0.15, -0.1) is 16.4 Å². The summed E-state index contributed by atoms with van der Waals surface area (Å²) < 4.78 is 1.57. The van der Waals surface area contributed by atoms with Crippen LogP contribution in [-0.4, -0.2) is 38.6 Å². The summed E-state index contributed by atoms with van der Waals surface area (Å²) in [6.07, 6.45) is 2.42. The maximum atomic E-state index is 12.1. The van der Waals surface area contributed by atoms with Crippen molar-refractivity contribution in [3.8, 4) is 5.69 Å². The van der Waals surface area contributed by atoms with Crippen molar-refractivity contribution in [2.45, 2.75) is 19.8 Å². The van der Waals surface area contributed by atoms with Gasteiger partial charge in [0.05, 0.1) is 10.6 Å². The number of aryl methyl sites for hydroxylation is 1. The van der Waals surface area contributed by atoms with Crippen molar-refractivity contribution < 1.29 is 9.59 Å². The van der Waals surface area contributed by atoms with Crippen LogP contribution in [0.4, 0.5) is 5.69 Å². The molecule has 3 rings (SSSR count). The van der Waals surface area contributed by atoms with Gasteiger partial charge in [-0.25, -0.2) is 4.68 Å². The molecule has 2 aromatic heterocycles. The third kappa shape index (κ3) is 4.51. The van der Waals surface area contributed by atoms with E-state index in [0.29, 0.717) is 30.0 Å². The molecule has 2 N–H and O–H groups in total. The third-order valence-corrected chi connectivity index (χ3v) is 4.56. The van der Waals surface area contributed by atoms with Gasteiger partial charge < -0.3 is 10.6 Å². The van der Waals surface area contributed by atoms with Crippen molar-refractivity contribution in [2.24, 2.45) is 0 Å². The van der Waals surface area contributed by atoms with E-state index in [-0.39, 0.29) is 11.8 Å². The first-order valence-electron chi connectivity index (χ1n) is 8.09. The van der Waals surface area contributed by atoms with E-state index in [9.17, 15) is 9.59 Å². The molecule has 0 saturated heterocycles. The highest BCUT2D eigenvalue weighted by Gasteiger charge is 2.08. The van der Waals surface area contributed by atoms with Gasteiger partial charge >= 0.3 is 0 Å². The Morgan fingerprint density at radius 2 is 2.15 bits per heavy atom. The van der Waals surface area contributed by atoms with Crippen LogP contribution in [0.1, 0.15) is 28.1 Å². The minimum Gasteiger partial charge on any atom is -0.351 e. The number of thiophene rings is 1. The fraction of sp³-hybridized carbons (Fsp3) is 0.235. The van der Waals surface area contributed by atoms with Crippen LogP contribution in [0, 0.1) is 6.92 Å². The summed E-state index contributed by atoms with van der Waals surface area (Å²) in [6, 6.07) is 9.13. The maximum Gasteiger partial charge on any atom is 0.261 e. The molecule has 9 heteroatoms. The van der Waals surface area contributed by atoms with Crippen LogP contribution in [0.15, 0.2) is 42.0 Å². The van der Waals surface area contributed by atoms with Crippen LogP contribution in [0.25, 0.3) is 5.69 Å². The van der Waals surface area contributed by atoms with Gasteiger partial charge in [-0.3, -0.25) is 9.59 Å². The Hall–Kier alpha value is -3.07. The van der Waals surface area contributed by atoms with Crippen LogP contribution < -0.4 is 10.6 Å². The Kier molecular flexibility index (Phi) is 5.69. The van der Waals surface area contributed by atoms with E-state index in [2.05, 4.69) is 26.2 Å². The predicted octanol–water partition coefficient (Wildman–Crippen LogP) is 2.18. The molecule has 0 aliphatic heterocycles. The lowest BCUT2D eigenvalue weighted by atomic mass is 10.1. The molecule has 134 valence electrons. The first-order chi connectivity index (χ1) is 12.6. The molecule has 2 amide bonds. The van der Waals surface area contributed by atoms with Crippen molar-refractivity contribution in [1.29, 1.82) is 0 Å². The third-order valence-electron chi connectivity index (χ3n) is 3.69. The quantitative estimate of drug-likeness (QED) is 0.621. The Balaban J connectivity index is 1.45. The smallest absolute Gasteiger partial charge is 0.261 e. The first-order valence-corrected chi connectivity index (χ1v) is 8.97. The second-order valence-electron chi connectivity index (χ2n) is 5.64. The molecule has 0 fully saturated rings. The number of hydrogen-bond acceptors (Lipinski definition) is 6. The van der Waals surface area contributed by atoms with Gasteiger partial charge in [-0.1, -0.05) is 6.07 Å². The van der Waals surface area contributed by atoms with E-state index in [1.54, 1.807) is 16.8 Å². The second-order valence-corrected chi connectivity index (χ2v) is 6.59. The van der Waals surface area contributed by atoms with Crippen molar-refractivity contribution in [1.82, 2.24) is 25.5 Å².